The Morgan fingerprint density at radius 3 is 2.15 bits per heavy atom. The number of ether oxygens (including phenoxy) is 2. The van der Waals surface area contributed by atoms with E-state index in [4.69, 9.17) is 20.2 Å². The van der Waals surface area contributed by atoms with E-state index in [-0.39, 0.29) is 0 Å². The van der Waals surface area contributed by atoms with Crippen molar-refractivity contribution in [2.75, 3.05) is 20.0 Å². The number of aromatic nitrogens is 2. The van der Waals surface area contributed by atoms with E-state index in [1.165, 1.54) is 0 Å². The van der Waals surface area contributed by atoms with Gasteiger partial charge in [0.05, 0.1) is 25.6 Å². The first-order valence-electron chi connectivity index (χ1n) is 10.9. The molecule has 3 N–H and O–H groups in total. The second kappa shape index (κ2) is 10.5. The Kier molecular flexibility index (Phi) is 7.23. The van der Waals surface area contributed by atoms with Crippen LogP contribution in [0.5, 0.6) is 11.5 Å². The summed E-state index contributed by atoms with van der Waals surface area (Å²) in [4.78, 5) is 20.2. The van der Waals surface area contributed by atoms with E-state index < -0.39 is 5.91 Å². The minimum absolute atomic E-state index is 0.401. The number of imidazole rings is 1. The molecule has 4 rings (SSSR count). The Morgan fingerprint density at radius 2 is 1.56 bits per heavy atom. The number of carbonyl (C=O) groups excluding carboxylic acids is 1. The van der Waals surface area contributed by atoms with Crippen molar-refractivity contribution in [1.29, 1.82) is 0 Å². The number of thioether (sulfide) groups is 1. The van der Waals surface area contributed by atoms with Crippen LogP contribution in [-0.2, 0) is 6.42 Å². The summed E-state index contributed by atoms with van der Waals surface area (Å²) in [5.41, 5.74) is 12.0. The standard InChI is InChI=1S/C27H27N3O3S/c1-17-4-13-23(26(28)31)20(16-17)14-15-34-27-29-24(18-5-9-21(32-2)10-6-18)25(30-27)19-7-11-22(33-3)12-8-19/h4-13,16H,14-15H2,1-3H3,(H2,28,31)(H,29,30). The van der Waals surface area contributed by atoms with Gasteiger partial charge in [0.25, 0.3) is 0 Å². The van der Waals surface area contributed by atoms with Crippen LogP contribution in [0, 0.1) is 6.92 Å². The van der Waals surface area contributed by atoms with Crippen molar-refractivity contribution in [2.45, 2.75) is 18.5 Å². The number of benzene rings is 3. The highest BCUT2D eigenvalue weighted by Gasteiger charge is 2.16. The summed E-state index contributed by atoms with van der Waals surface area (Å²) in [6.45, 7) is 2.01. The van der Waals surface area contributed by atoms with Crippen LogP contribution in [0.3, 0.4) is 0 Å². The zero-order valence-electron chi connectivity index (χ0n) is 19.4. The predicted molar refractivity (Wildman–Crippen MR) is 137 cm³/mol. The van der Waals surface area contributed by atoms with Crippen molar-refractivity contribution in [3.63, 3.8) is 0 Å². The van der Waals surface area contributed by atoms with Crippen molar-refractivity contribution in [1.82, 2.24) is 9.97 Å². The lowest BCUT2D eigenvalue weighted by molar-refractivity contribution is 0.0999. The van der Waals surface area contributed by atoms with Crippen molar-refractivity contribution in [3.05, 3.63) is 83.4 Å². The molecular weight excluding hydrogens is 446 g/mol. The van der Waals surface area contributed by atoms with Gasteiger partial charge in [-0.05, 0) is 73.5 Å². The SMILES string of the molecule is COc1ccc(-c2nc(SCCc3cc(C)ccc3C(N)=O)[nH]c2-c2ccc(OC)cc2)cc1. The quantitative estimate of drug-likeness (QED) is 0.313. The summed E-state index contributed by atoms with van der Waals surface area (Å²) < 4.78 is 10.6. The minimum atomic E-state index is -0.401. The lowest BCUT2D eigenvalue weighted by Gasteiger charge is -2.07. The fourth-order valence-corrected chi connectivity index (χ4v) is 4.62. The molecule has 0 saturated carbocycles. The first-order chi connectivity index (χ1) is 16.5. The Labute approximate surface area is 203 Å². The van der Waals surface area contributed by atoms with Crippen LogP contribution in [0.1, 0.15) is 21.5 Å². The number of methoxy groups -OCH3 is 2. The maximum atomic E-state index is 11.8. The summed E-state index contributed by atoms with van der Waals surface area (Å²) in [5.74, 6) is 1.94. The molecule has 0 aliphatic carbocycles. The summed E-state index contributed by atoms with van der Waals surface area (Å²) in [6, 6.07) is 21.5. The molecule has 0 atom stereocenters. The molecule has 0 saturated heterocycles. The molecule has 4 aromatic rings. The second-order valence-corrected chi connectivity index (χ2v) is 8.93. The van der Waals surface area contributed by atoms with E-state index in [9.17, 15) is 4.79 Å². The molecule has 3 aromatic carbocycles. The number of aromatic amines is 1. The Bertz CT molecular complexity index is 1220. The first kappa shape index (κ1) is 23.4. The number of amides is 1. The molecule has 0 unspecified atom stereocenters. The van der Waals surface area contributed by atoms with Gasteiger partial charge in [-0.1, -0.05) is 29.5 Å². The van der Waals surface area contributed by atoms with Gasteiger partial charge in [-0.15, -0.1) is 0 Å². The van der Waals surface area contributed by atoms with Gasteiger partial charge in [0.2, 0.25) is 5.91 Å². The van der Waals surface area contributed by atoms with E-state index in [2.05, 4.69) is 4.98 Å². The van der Waals surface area contributed by atoms with Crippen LogP contribution in [-0.4, -0.2) is 35.8 Å². The lowest BCUT2D eigenvalue weighted by atomic mass is 10.0. The molecule has 0 aliphatic heterocycles. The monoisotopic (exact) mass is 473 g/mol. The molecule has 174 valence electrons. The topological polar surface area (TPSA) is 90.2 Å². The third-order valence-electron chi connectivity index (χ3n) is 5.56. The normalized spacial score (nSPS) is 10.8. The average molecular weight is 474 g/mol. The minimum Gasteiger partial charge on any atom is -0.497 e. The number of carbonyl (C=O) groups is 1. The van der Waals surface area contributed by atoms with Crippen LogP contribution in [0.4, 0.5) is 0 Å². The Balaban J connectivity index is 1.61. The Morgan fingerprint density at radius 1 is 0.941 bits per heavy atom. The summed E-state index contributed by atoms with van der Waals surface area (Å²) in [5, 5.41) is 0.810. The molecule has 7 heteroatoms. The zero-order valence-corrected chi connectivity index (χ0v) is 20.2. The number of primary amides is 1. The fourth-order valence-electron chi connectivity index (χ4n) is 3.77. The first-order valence-corrected chi connectivity index (χ1v) is 11.9. The van der Waals surface area contributed by atoms with Gasteiger partial charge < -0.3 is 20.2 Å². The van der Waals surface area contributed by atoms with Gasteiger partial charge >= 0.3 is 0 Å². The summed E-state index contributed by atoms with van der Waals surface area (Å²) in [6.07, 6.45) is 0.709. The van der Waals surface area contributed by atoms with Crippen LogP contribution in [0.25, 0.3) is 22.5 Å². The molecule has 34 heavy (non-hydrogen) atoms. The van der Waals surface area contributed by atoms with E-state index in [1.807, 2.05) is 67.6 Å². The van der Waals surface area contributed by atoms with Crippen LogP contribution in [0.2, 0.25) is 0 Å². The van der Waals surface area contributed by atoms with Crippen LogP contribution < -0.4 is 15.2 Å². The highest BCUT2D eigenvalue weighted by atomic mass is 32.2. The van der Waals surface area contributed by atoms with E-state index in [1.54, 1.807) is 32.0 Å². The number of rotatable bonds is 9. The molecule has 0 bridgehead atoms. The number of aryl methyl sites for hydroxylation is 2. The fraction of sp³-hybridized carbons (Fsp3) is 0.185. The maximum absolute atomic E-state index is 11.8. The molecule has 0 fully saturated rings. The van der Waals surface area contributed by atoms with Crippen molar-refractivity contribution < 1.29 is 14.3 Å². The van der Waals surface area contributed by atoms with Crippen LogP contribution in [0.15, 0.2) is 71.9 Å². The molecule has 6 nitrogen and oxygen atoms in total. The van der Waals surface area contributed by atoms with Gasteiger partial charge in [0, 0.05) is 22.4 Å². The van der Waals surface area contributed by atoms with E-state index >= 15 is 0 Å². The molecular formula is C27H27N3O3S. The maximum Gasteiger partial charge on any atom is 0.248 e. The molecule has 0 spiro atoms. The number of nitrogens with zero attached hydrogens (tertiary/aromatic N) is 1. The second-order valence-electron chi connectivity index (χ2n) is 7.85. The lowest BCUT2D eigenvalue weighted by Crippen LogP contribution is -2.14. The number of hydrogen-bond donors (Lipinski definition) is 2. The number of H-pyrrole nitrogens is 1. The zero-order chi connectivity index (χ0) is 24.1. The molecule has 1 aromatic heterocycles. The van der Waals surface area contributed by atoms with Gasteiger partial charge in [-0.2, -0.15) is 0 Å². The van der Waals surface area contributed by atoms with E-state index in [0.29, 0.717) is 12.0 Å². The molecule has 0 aliphatic rings. The van der Waals surface area contributed by atoms with Crippen molar-refractivity contribution >= 4 is 17.7 Å². The average Bonchev–Trinajstić information content (AvgIpc) is 3.28. The highest BCUT2D eigenvalue weighted by Crippen LogP contribution is 2.34. The van der Waals surface area contributed by atoms with Crippen molar-refractivity contribution in [3.8, 4) is 34.0 Å². The number of hydrogen-bond acceptors (Lipinski definition) is 5. The molecule has 1 amide bonds. The third-order valence-corrected chi connectivity index (χ3v) is 6.44. The van der Waals surface area contributed by atoms with Gasteiger partial charge in [-0.25, -0.2) is 4.98 Å². The summed E-state index contributed by atoms with van der Waals surface area (Å²) in [7, 11) is 3.31. The highest BCUT2D eigenvalue weighted by molar-refractivity contribution is 7.99. The number of nitrogens with two attached hydrogens (primary N) is 1. The van der Waals surface area contributed by atoms with Crippen LogP contribution >= 0.6 is 11.8 Å². The molecule has 1 heterocycles. The predicted octanol–water partition coefficient (Wildman–Crippen LogP) is 5.50. The number of nitrogens with one attached hydrogen (secondary N) is 1. The molecule has 0 radical (unpaired) electrons. The smallest absolute Gasteiger partial charge is 0.248 e. The van der Waals surface area contributed by atoms with Crippen molar-refractivity contribution in [2.24, 2.45) is 5.73 Å². The van der Waals surface area contributed by atoms with Gasteiger partial charge in [-0.3, -0.25) is 4.79 Å². The van der Waals surface area contributed by atoms with Gasteiger partial charge in [0.1, 0.15) is 11.5 Å². The summed E-state index contributed by atoms with van der Waals surface area (Å²) >= 11 is 1.61. The van der Waals surface area contributed by atoms with Gasteiger partial charge in [0.15, 0.2) is 5.16 Å². The Hall–Kier alpha value is -3.71. The third kappa shape index (κ3) is 5.26. The largest absolute Gasteiger partial charge is 0.497 e. The van der Waals surface area contributed by atoms with E-state index in [0.717, 1.165) is 56.0 Å².